The minimum atomic E-state index is -0.649. The van der Waals surface area contributed by atoms with Gasteiger partial charge in [0.15, 0.2) is 0 Å². The van der Waals surface area contributed by atoms with E-state index in [2.05, 4.69) is 34.0 Å². The second-order valence-electron chi connectivity index (χ2n) is 5.26. The molecule has 2 nitrogen and oxygen atoms in total. The number of allylic oxidation sites excluding steroid dienone is 1. The van der Waals surface area contributed by atoms with Crippen LogP contribution in [0.5, 0.6) is 0 Å². The first-order valence-corrected chi connectivity index (χ1v) is 10.2. The fourth-order valence-electron chi connectivity index (χ4n) is 2.74. The van der Waals surface area contributed by atoms with Gasteiger partial charge in [-0.2, -0.15) is 0 Å². The topological polar surface area (TPSA) is 33.1 Å². The summed E-state index contributed by atoms with van der Waals surface area (Å²) < 4.78 is 0. The first-order valence-electron chi connectivity index (χ1n) is 7.41. The van der Waals surface area contributed by atoms with Crippen LogP contribution in [-0.2, 0) is 0 Å². The third-order valence-corrected chi connectivity index (χ3v) is 7.00. The Morgan fingerprint density at radius 3 is 2.83 bits per heavy atom. The van der Waals surface area contributed by atoms with Crippen LogP contribution in [-0.4, -0.2) is 15.8 Å². The summed E-state index contributed by atoms with van der Waals surface area (Å²) in [5.74, 6) is 1.13. The third-order valence-electron chi connectivity index (χ3n) is 3.82. The highest BCUT2D eigenvalue weighted by atomic mass is 32.2. The van der Waals surface area contributed by atoms with E-state index in [1.807, 2.05) is 23.9 Å². The van der Waals surface area contributed by atoms with Gasteiger partial charge in [-0.25, -0.2) is 0 Å². The summed E-state index contributed by atoms with van der Waals surface area (Å²) in [6, 6.07) is 7.99. The van der Waals surface area contributed by atoms with E-state index < -0.39 is 6.10 Å². The highest BCUT2D eigenvalue weighted by Crippen LogP contribution is 2.46. The monoisotopic (exact) mass is 357 g/mol. The SMILES string of the molecule is OC(c1cccnc1)c1c(C2=CCCS2)csc1-c1cccs1. The van der Waals surface area contributed by atoms with Gasteiger partial charge in [0.25, 0.3) is 0 Å². The zero-order valence-electron chi connectivity index (χ0n) is 12.3. The highest BCUT2D eigenvalue weighted by molar-refractivity contribution is 8.08. The Kier molecular flexibility index (Phi) is 4.35. The van der Waals surface area contributed by atoms with Crippen molar-refractivity contribution in [2.75, 3.05) is 5.75 Å². The summed E-state index contributed by atoms with van der Waals surface area (Å²) in [6.45, 7) is 0. The van der Waals surface area contributed by atoms with Gasteiger partial charge < -0.3 is 5.11 Å². The molecule has 1 aliphatic rings. The van der Waals surface area contributed by atoms with Gasteiger partial charge in [0.05, 0.1) is 4.88 Å². The van der Waals surface area contributed by atoms with Crippen molar-refractivity contribution in [2.24, 2.45) is 0 Å². The first-order chi connectivity index (χ1) is 11.3. The number of hydrogen-bond acceptors (Lipinski definition) is 5. The standard InChI is InChI=1S/C18H15NOS3/c20-17(12-4-1-7-19-10-12)16-13(14-5-2-8-21-14)11-23-18(16)15-6-3-9-22-15/h1,3-7,9-11,17,20H,2,8H2. The van der Waals surface area contributed by atoms with E-state index in [0.717, 1.165) is 23.3 Å². The van der Waals surface area contributed by atoms with Gasteiger partial charge in [0, 0.05) is 50.0 Å². The largest absolute Gasteiger partial charge is 0.384 e. The van der Waals surface area contributed by atoms with Crippen molar-refractivity contribution in [1.82, 2.24) is 4.98 Å². The van der Waals surface area contributed by atoms with E-state index in [1.165, 1.54) is 20.2 Å². The molecule has 3 aromatic rings. The molecule has 4 rings (SSSR count). The van der Waals surface area contributed by atoms with E-state index in [0.29, 0.717) is 0 Å². The predicted octanol–water partition coefficient (Wildman–Crippen LogP) is 5.43. The number of aromatic nitrogens is 1. The third kappa shape index (κ3) is 2.90. The molecule has 116 valence electrons. The number of aliphatic hydroxyl groups excluding tert-OH is 1. The van der Waals surface area contributed by atoms with Crippen molar-refractivity contribution < 1.29 is 5.11 Å². The molecule has 1 N–H and O–H groups in total. The van der Waals surface area contributed by atoms with E-state index in [4.69, 9.17) is 0 Å². The molecule has 0 amide bonds. The van der Waals surface area contributed by atoms with E-state index in [1.54, 1.807) is 35.1 Å². The van der Waals surface area contributed by atoms with Gasteiger partial charge in [0.1, 0.15) is 6.10 Å². The van der Waals surface area contributed by atoms with Crippen molar-refractivity contribution in [3.05, 3.63) is 70.2 Å². The Morgan fingerprint density at radius 2 is 2.13 bits per heavy atom. The molecule has 5 heteroatoms. The quantitative estimate of drug-likeness (QED) is 0.676. The number of thiophene rings is 2. The summed E-state index contributed by atoms with van der Waals surface area (Å²) in [7, 11) is 0. The number of rotatable bonds is 4. The Bertz CT molecular complexity index is 821. The van der Waals surface area contributed by atoms with Gasteiger partial charge in [0.2, 0.25) is 0 Å². The number of hydrogen-bond donors (Lipinski definition) is 1. The Labute approximate surface area is 147 Å². The Balaban J connectivity index is 1.86. The van der Waals surface area contributed by atoms with Crippen LogP contribution in [0.4, 0.5) is 0 Å². The Morgan fingerprint density at radius 1 is 1.17 bits per heavy atom. The lowest BCUT2D eigenvalue weighted by molar-refractivity contribution is 0.220. The molecule has 1 atom stereocenters. The molecule has 4 heterocycles. The summed E-state index contributed by atoms with van der Waals surface area (Å²) in [5, 5.41) is 15.3. The lowest BCUT2D eigenvalue weighted by atomic mass is 9.98. The highest BCUT2D eigenvalue weighted by Gasteiger charge is 2.25. The van der Waals surface area contributed by atoms with Crippen LogP contribution in [0.3, 0.4) is 0 Å². The lowest BCUT2D eigenvalue weighted by Gasteiger charge is -2.15. The maximum Gasteiger partial charge on any atom is 0.108 e. The molecule has 0 saturated carbocycles. The number of nitrogens with zero attached hydrogens (tertiary/aromatic N) is 1. The van der Waals surface area contributed by atoms with E-state index >= 15 is 0 Å². The second-order valence-corrected chi connectivity index (χ2v) is 8.23. The molecular formula is C18H15NOS3. The minimum absolute atomic E-state index is 0.649. The maximum absolute atomic E-state index is 11.0. The summed E-state index contributed by atoms with van der Waals surface area (Å²) in [4.78, 5) is 7.83. The van der Waals surface area contributed by atoms with Gasteiger partial charge in [-0.05, 0) is 23.9 Å². The van der Waals surface area contributed by atoms with Crippen LogP contribution >= 0.6 is 34.4 Å². The molecule has 0 bridgehead atoms. The van der Waals surface area contributed by atoms with Crippen LogP contribution in [0, 0.1) is 0 Å². The van der Waals surface area contributed by atoms with Crippen molar-refractivity contribution in [2.45, 2.75) is 12.5 Å². The predicted molar refractivity (Wildman–Crippen MR) is 101 cm³/mol. The Hall–Kier alpha value is -1.40. The molecular weight excluding hydrogens is 342 g/mol. The molecule has 0 aliphatic carbocycles. The zero-order chi connectivity index (χ0) is 15.6. The molecule has 1 aliphatic heterocycles. The van der Waals surface area contributed by atoms with E-state index in [9.17, 15) is 5.11 Å². The summed E-state index contributed by atoms with van der Waals surface area (Å²) >= 11 is 5.31. The van der Waals surface area contributed by atoms with Crippen LogP contribution in [0.2, 0.25) is 0 Å². The van der Waals surface area contributed by atoms with Crippen molar-refractivity contribution in [1.29, 1.82) is 0 Å². The molecule has 0 radical (unpaired) electrons. The first kappa shape index (κ1) is 15.1. The number of aliphatic hydroxyl groups is 1. The fraction of sp³-hybridized carbons (Fsp3) is 0.167. The zero-order valence-corrected chi connectivity index (χ0v) is 14.8. The average molecular weight is 358 g/mol. The van der Waals surface area contributed by atoms with Crippen LogP contribution < -0.4 is 0 Å². The lowest BCUT2D eigenvalue weighted by Crippen LogP contribution is -2.02. The molecule has 3 aromatic heterocycles. The molecule has 0 fully saturated rings. The van der Waals surface area contributed by atoms with Gasteiger partial charge in [-0.3, -0.25) is 4.98 Å². The summed E-state index contributed by atoms with van der Waals surface area (Å²) in [6.07, 6.45) is 6.22. The van der Waals surface area contributed by atoms with E-state index in [-0.39, 0.29) is 0 Å². The fourth-order valence-corrected chi connectivity index (χ4v) is 5.82. The van der Waals surface area contributed by atoms with Crippen molar-refractivity contribution in [3.8, 4) is 9.75 Å². The summed E-state index contributed by atoms with van der Waals surface area (Å²) in [5.41, 5.74) is 3.04. The van der Waals surface area contributed by atoms with Crippen LogP contribution in [0.1, 0.15) is 29.2 Å². The van der Waals surface area contributed by atoms with Crippen LogP contribution in [0.15, 0.2) is 53.5 Å². The van der Waals surface area contributed by atoms with Crippen molar-refractivity contribution >= 4 is 39.3 Å². The second kappa shape index (κ2) is 6.61. The van der Waals surface area contributed by atoms with Crippen molar-refractivity contribution in [3.63, 3.8) is 0 Å². The molecule has 23 heavy (non-hydrogen) atoms. The van der Waals surface area contributed by atoms with Gasteiger partial charge in [-0.15, -0.1) is 34.4 Å². The maximum atomic E-state index is 11.0. The van der Waals surface area contributed by atoms with Gasteiger partial charge in [-0.1, -0.05) is 18.2 Å². The molecule has 0 spiro atoms. The molecule has 0 saturated heterocycles. The molecule has 1 unspecified atom stereocenters. The molecule has 0 aromatic carbocycles. The average Bonchev–Trinajstić information content (AvgIpc) is 3.33. The minimum Gasteiger partial charge on any atom is -0.384 e. The smallest absolute Gasteiger partial charge is 0.108 e. The number of pyridine rings is 1. The van der Waals surface area contributed by atoms with Crippen LogP contribution in [0.25, 0.3) is 14.7 Å². The number of thioether (sulfide) groups is 1. The normalized spacial score (nSPS) is 15.6. The van der Waals surface area contributed by atoms with Gasteiger partial charge >= 0.3 is 0 Å².